The number of thiazole rings is 1. The number of carbonyl (C=O) groups is 1. The molecule has 0 aliphatic heterocycles. The van der Waals surface area contributed by atoms with E-state index >= 15 is 0 Å². The molecular formula is C11H7BrFNO2S. The van der Waals surface area contributed by atoms with Gasteiger partial charge in [-0.1, -0.05) is 15.9 Å². The van der Waals surface area contributed by atoms with Crippen LogP contribution in [0, 0.1) is 12.7 Å². The Bertz CT molecular complexity index is 597. The lowest BCUT2D eigenvalue weighted by Gasteiger charge is -1.99. The summed E-state index contributed by atoms with van der Waals surface area (Å²) in [5.41, 5.74) is 0.999. The van der Waals surface area contributed by atoms with Crippen LogP contribution < -0.4 is 0 Å². The van der Waals surface area contributed by atoms with E-state index in [1.165, 1.54) is 12.1 Å². The van der Waals surface area contributed by atoms with Gasteiger partial charge in [-0.3, -0.25) is 0 Å². The molecule has 2 aromatic rings. The average molecular weight is 316 g/mol. The van der Waals surface area contributed by atoms with E-state index in [0.717, 1.165) is 11.3 Å². The Labute approximate surface area is 109 Å². The molecule has 0 atom stereocenters. The molecule has 0 aliphatic carbocycles. The topological polar surface area (TPSA) is 50.2 Å². The Hall–Kier alpha value is -1.27. The third-order valence-electron chi connectivity index (χ3n) is 2.15. The Morgan fingerprint density at radius 2 is 2.24 bits per heavy atom. The van der Waals surface area contributed by atoms with E-state index in [4.69, 9.17) is 5.11 Å². The Kier molecular flexibility index (Phi) is 3.26. The lowest BCUT2D eigenvalue weighted by Crippen LogP contribution is -1.94. The van der Waals surface area contributed by atoms with Crippen molar-refractivity contribution in [3.8, 4) is 10.6 Å². The van der Waals surface area contributed by atoms with Gasteiger partial charge in [-0.25, -0.2) is 14.2 Å². The summed E-state index contributed by atoms with van der Waals surface area (Å²) >= 11 is 4.33. The van der Waals surface area contributed by atoms with Crippen LogP contribution in [-0.2, 0) is 0 Å². The molecule has 0 saturated carbocycles. The highest BCUT2D eigenvalue weighted by Gasteiger charge is 2.16. The molecule has 0 amide bonds. The van der Waals surface area contributed by atoms with Gasteiger partial charge in [0.15, 0.2) is 0 Å². The second-order valence-corrected chi connectivity index (χ2v) is 5.22. The van der Waals surface area contributed by atoms with Gasteiger partial charge in [0.25, 0.3) is 0 Å². The van der Waals surface area contributed by atoms with E-state index < -0.39 is 5.97 Å². The van der Waals surface area contributed by atoms with Crippen molar-refractivity contribution in [3.63, 3.8) is 0 Å². The number of hydrogen-bond donors (Lipinski definition) is 1. The van der Waals surface area contributed by atoms with Crippen LogP contribution in [0.15, 0.2) is 22.7 Å². The average Bonchev–Trinajstić information content (AvgIpc) is 2.64. The fraction of sp³-hybridized carbons (Fsp3) is 0.0909. The van der Waals surface area contributed by atoms with Gasteiger partial charge in [-0.2, -0.15) is 0 Å². The molecule has 6 heteroatoms. The van der Waals surface area contributed by atoms with E-state index in [-0.39, 0.29) is 10.7 Å². The van der Waals surface area contributed by atoms with Crippen LogP contribution in [-0.4, -0.2) is 16.1 Å². The molecule has 0 bridgehead atoms. The van der Waals surface area contributed by atoms with E-state index in [1.54, 1.807) is 13.0 Å². The molecule has 0 spiro atoms. The minimum absolute atomic E-state index is 0.177. The quantitative estimate of drug-likeness (QED) is 0.919. The Morgan fingerprint density at radius 3 is 2.82 bits per heavy atom. The molecule has 1 N–H and O–H groups in total. The minimum atomic E-state index is -1.02. The highest BCUT2D eigenvalue weighted by atomic mass is 79.9. The van der Waals surface area contributed by atoms with Crippen molar-refractivity contribution in [3.05, 3.63) is 39.1 Å². The van der Waals surface area contributed by atoms with Gasteiger partial charge in [0.2, 0.25) is 0 Å². The van der Waals surface area contributed by atoms with E-state index in [1.807, 2.05) is 0 Å². The predicted molar refractivity (Wildman–Crippen MR) is 66.9 cm³/mol. The first-order valence-corrected chi connectivity index (χ1v) is 6.26. The van der Waals surface area contributed by atoms with Gasteiger partial charge < -0.3 is 5.11 Å². The monoisotopic (exact) mass is 315 g/mol. The van der Waals surface area contributed by atoms with Crippen molar-refractivity contribution in [2.75, 3.05) is 0 Å². The molecule has 0 aliphatic rings. The van der Waals surface area contributed by atoms with Crippen LogP contribution in [0.3, 0.4) is 0 Å². The van der Waals surface area contributed by atoms with Crippen molar-refractivity contribution in [1.82, 2.24) is 4.98 Å². The van der Waals surface area contributed by atoms with Crippen LogP contribution in [0.1, 0.15) is 15.4 Å². The number of rotatable bonds is 2. The van der Waals surface area contributed by atoms with E-state index in [0.29, 0.717) is 20.7 Å². The third kappa shape index (κ3) is 2.37. The van der Waals surface area contributed by atoms with Crippen molar-refractivity contribution in [2.45, 2.75) is 6.92 Å². The van der Waals surface area contributed by atoms with Crippen LogP contribution in [0.2, 0.25) is 0 Å². The number of aryl methyl sites for hydroxylation is 1. The molecule has 88 valence electrons. The largest absolute Gasteiger partial charge is 0.477 e. The van der Waals surface area contributed by atoms with Crippen molar-refractivity contribution in [1.29, 1.82) is 0 Å². The maximum Gasteiger partial charge on any atom is 0.347 e. The first-order chi connectivity index (χ1) is 7.99. The molecule has 0 radical (unpaired) electrons. The van der Waals surface area contributed by atoms with Crippen LogP contribution >= 0.6 is 27.3 Å². The normalized spacial score (nSPS) is 10.5. The first kappa shape index (κ1) is 12.2. The Balaban J connectivity index is 2.57. The zero-order valence-corrected chi connectivity index (χ0v) is 11.1. The summed E-state index contributed by atoms with van der Waals surface area (Å²) < 4.78 is 13.8. The number of benzene rings is 1. The fourth-order valence-corrected chi connectivity index (χ4v) is 2.87. The zero-order chi connectivity index (χ0) is 12.6. The van der Waals surface area contributed by atoms with Crippen LogP contribution in [0.4, 0.5) is 4.39 Å². The standard InChI is InChI=1S/C11H7BrFNO2S/c1-5-9(11(15)16)17-10(14-5)7-4-6(13)2-3-8(7)12/h2-4H,1H3,(H,15,16). The third-order valence-corrected chi connectivity index (χ3v) is 4.02. The molecule has 1 aromatic carbocycles. The van der Waals surface area contributed by atoms with Gasteiger partial charge in [-0.05, 0) is 25.1 Å². The highest BCUT2D eigenvalue weighted by molar-refractivity contribution is 9.10. The number of nitrogens with zero attached hydrogens (tertiary/aromatic N) is 1. The van der Waals surface area contributed by atoms with Gasteiger partial charge in [-0.15, -0.1) is 11.3 Å². The maximum absolute atomic E-state index is 13.1. The number of aromatic nitrogens is 1. The number of carboxylic acid groups (broad SMARTS) is 1. The number of aromatic carboxylic acids is 1. The van der Waals surface area contributed by atoms with Crippen molar-refractivity contribution >= 4 is 33.2 Å². The van der Waals surface area contributed by atoms with Crippen LogP contribution in [0.25, 0.3) is 10.6 Å². The molecular weight excluding hydrogens is 309 g/mol. The maximum atomic E-state index is 13.1. The molecule has 2 rings (SSSR count). The SMILES string of the molecule is Cc1nc(-c2cc(F)ccc2Br)sc1C(=O)O. The number of carboxylic acids is 1. The lowest BCUT2D eigenvalue weighted by molar-refractivity contribution is 0.0701. The number of halogens is 2. The minimum Gasteiger partial charge on any atom is -0.477 e. The van der Waals surface area contributed by atoms with Gasteiger partial charge in [0.05, 0.1) is 5.69 Å². The molecule has 0 fully saturated rings. The first-order valence-electron chi connectivity index (χ1n) is 4.65. The summed E-state index contributed by atoms with van der Waals surface area (Å²) in [6.07, 6.45) is 0. The predicted octanol–water partition coefficient (Wildman–Crippen LogP) is 3.72. The second-order valence-electron chi connectivity index (χ2n) is 3.36. The molecule has 0 saturated heterocycles. The summed E-state index contributed by atoms with van der Waals surface area (Å²) in [6.45, 7) is 1.62. The summed E-state index contributed by atoms with van der Waals surface area (Å²) in [4.78, 5) is 15.2. The van der Waals surface area contributed by atoms with E-state index in [9.17, 15) is 9.18 Å². The smallest absolute Gasteiger partial charge is 0.347 e. The Morgan fingerprint density at radius 1 is 1.53 bits per heavy atom. The van der Waals surface area contributed by atoms with Gasteiger partial charge in [0.1, 0.15) is 15.7 Å². The van der Waals surface area contributed by atoms with Crippen molar-refractivity contribution < 1.29 is 14.3 Å². The van der Waals surface area contributed by atoms with Crippen LogP contribution in [0.5, 0.6) is 0 Å². The van der Waals surface area contributed by atoms with Crippen molar-refractivity contribution in [2.24, 2.45) is 0 Å². The van der Waals surface area contributed by atoms with Gasteiger partial charge in [0, 0.05) is 10.0 Å². The van der Waals surface area contributed by atoms with Gasteiger partial charge >= 0.3 is 5.97 Å². The number of hydrogen-bond acceptors (Lipinski definition) is 3. The lowest BCUT2D eigenvalue weighted by atomic mass is 10.2. The summed E-state index contributed by atoms with van der Waals surface area (Å²) in [7, 11) is 0. The molecule has 1 aromatic heterocycles. The molecule has 1 heterocycles. The molecule has 0 unspecified atom stereocenters. The summed E-state index contributed by atoms with van der Waals surface area (Å²) in [5, 5.41) is 9.43. The van der Waals surface area contributed by atoms with E-state index in [2.05, 4.69) is 20.9 Å². The summed E-state index contributed by atoms with van der Waals surface area (Å²) in [5.74, 6) is -1.40. The highest BCUT2D eigenvalue weighted by Crippen LogP contribution is 2.33. The molecule has 17 heavy (non-hydrogen) atoms. The molecule has 3 nitrogen and oxygen atoms in total. The second kappa shape index (κ2) is 4.54. The zero-order valence-electron chi connectivity index (χ0n) is 8.70. The fourth-order valence-electron chi connectivity index (χ4n) is 1.37. The summed E-state index contributed by atoms with van der Waals surface area (Å²) in [6, 6.07) is 4.22.